The van der Waals surface area contributed by atoms with Crippen LogP contribution in [0.4, 0.5) is 5.69 Å². The number of nitrogens with zero attached hydrogens (tertiary/aromatic N) is 2. The van der Waals surface area contributed by atoms with Crippen LogP contribution >= 0.6 is 0 Å². The van der Waals surface area contributed by atoms with Gasteiger partial charge in [-0.3, -0.25) is 4.98 Å². The molecule has 0 N–H and O–H groups in total. The van der Waals surface area contributed by atoms with Crippen LogP contribution in [-0.2, 0) is 25.8 Å². The molecule has 1 aliphatic carbocycles. The van der Waals surface area contributed by atoms with Gasteiger partial charge in [-0.25, -0.2) is 0 Å². The van der Waals surface area contributed by atoms with E-state index in [1.807, 2.05) is 0 Å². The molecule has 0 amide bonds. The van der Waals surface area contributed by atoms with Crippen LogP contribution in [0, 0.1) is 21.3 Å². The standard InChI is InChI=1S/C29H34N2.2CH3.Hf/c1-20(2)24-16-10-17-25(21(3)4)29(24)31-28(23-14-6-5-7-15-23)27-19-11-18-26(30-27)22-12-8-9-13-22;;;/h5-7,10-12,14-22,28H,8-9,13H2,1-4H3;2*1H3;/q-2;2*-1;. The van der Waals surface area contributed by atoms with E-state index in [2.05, 4.69) is 101 Å². The van der Waals surface area contributed by atoms with Crippen LogP contribution in [0.15, 0.2) is 66.7 Å². The molecule has 1 fully saturated rings. The second kappa shape index (κ2) is 14.0. The number of pyridine rings is 1. The van der Waals surface area contributed by atoms with Gasteiger partial charge in [0.05, 0.1) is 0 Å². The molecule has 0 saturated heterocycles. The largest absolute Gasteiger partial charge is 0.673 e. The molecule has 2 aromatic carbocycles. The zero-order valence-electron chi connectivity index (χ0n) is 21.8. The molecule has 4 rings (SSSR count). The topological polar surface area (TPSA) is 27.0 Å². The van der Waals surface area contributed by atoms with Crippen molar-refractivity contribution >= 4 is 5.69 Å². The average Bonchev–Trinajstić information content (AvgIpc) is 3.33. The van der Waals surface area contributed by atoms with Crippen LogP contribution < -0.4 is 0 Å². The SMILES string of the molecule is CC(C)c1cccc(C(C)C)c1[N-]C(c1ccccc1)c1cccc(C2[CH-]CCC2)n1.[CH3-].[CH3-].[Hf]. The number of benzene rings is 2. The van der Waals surface area contributed by atoms with Gasteiger partial charge in [-0.2, -0.15) is 6.42 Å². The third-order valence-electron chi connectivity index (χ3n) is 6.34. The Kier molecular flexibility index (Phi) is 12.4. The molecule has 0 bridgehead atoms. The summed E-state index contributed by atoms with van der Waals surface area (Å²) < 4.78 is 0. The van der Waals surface area contributed by atoms with Gasteiger partial charge >= 0.3 is 0 Å². The summed E-state index contributed by atoms with van der Waals surface area (Å²) in [4.78, 5) is 5.15. The van der Waals surface area contributed by atoms with E-state index in [4.69, 9.17) is 10.3 Å². The van der Waals surface area contributed by atoms with E-state index >= 15 is 0 Å². The summed E-state index contributed by atoms with van der Waals surface area (Å²) >= 11 is 0. The molecule has 3 heteroatoms. The van der Waals surface area contributed by atoms with E-state index in [0.717, 1.165) is 11.4 Å². The minimum absolute atomic E-state index is 0. The van der Waals surface area contributed by atoms with Gasteiger partial charge in [-0.15, -0.1) is 11.6 Å². The summed E-state index contributed by atoms with van der Waals surface area (Å²) in [7, 11) is 0. The van der Waals surface area contributed by atoms with E-state index in [1.165, 1.54) is 41.6 Å². The maximum absolute atomic E-state index is 5.44. The van der Waals surface area contributed by atoms with Gasteiger partial charge in [-0.1, -0.05) is 112 Å². The summed E-state index contributed by atoms with van der Waals surface area (Å²) in [5.41, 5.74) is 7.18. The van der Waals surface area contributed by atoms with E-state index in [0.29, 0.717) is 17.8 Å². The Balaban J connectivity index is 0.00000193. The fourth-order valence-electron chi connectivity index (χ4n) is 4.61. The molecule has 0 spiro atoms. The van der Waals surface area contributed by atoms with Gasteiger partial charge < -0.3 is 26.6 Å². The molecule has 2 atom stereocenters. The number of para-hydroxylation sites is 1. The maximum atomic E-state index is 5.44. The second-order valence-corrected chi connectivity index (χ2v) is 9.30. The Morgan fingerprint density at radius 1 is 0.824 bits per heavy atom. The second-order valence-electron chi connectivity index (χ2n) is 9.30. The third-order valence-corrected chi connectivity index (χ3v) is 6.34. The molecule has 0 aliphatic heterocycles. The van der Waals surface area contributed by atoms with Gasteiger partial charge in [0.25, 0.3) is 0 Å². The molecule has 1 saturated carbocycles. The van der Waals surface area contributed by atoms with E-state index in [1.54, 1.807) is 0 Å². The first-order valence-corrected chi connectivity index (χ1v) is 11.7. The summed E-state index contributed by atoms with van der Waals surface area (Å²) in [6.45, 7) is 9.02. The number of aromatic nitrogens is 1. The molecular weight excluding hydrogens is 579 g/mol. The molecule has 2 nitrogen and oxygen atoms in total. The third kappa shape index (κ3) is 6.90. The molecule has 0 radical (unpaired) electrons. The van der Waals surface area contributed by atoms with Gasteiger partial charge in [0, 0.05) is 37.2 Å². The van der Waals surface area contributed by atoms with Crippen LogP contribution in [0.3, 0.4) is 0 Å². The van der Waals surface area contributed by atoms with E-state index in [9.17, 15) is 0 Å². The molecule has 1 heterocycles. The predicted octanol–water partition coefficient (Wildman–Crippen LogP) is 9.49. The van der Waals surface area contributed by atoms with Crippen molar-refractivity contribution in [1.29, 1.82) is 0 Å². The van der Waals surface area contributed by atoms with Gasteiger partial charge in [0.15, 0.2) is 0 Å². The van der Waals surface area contributed by atoms with Gasteiger partial charge in [0.2, 0.25) is 0 Å². The van der Waals surface area contributed by atoms with Crippen molar-refractivity contribution in [2.75, 3.05) is 0 Å². The van der Waals surface area contributed by atoms with Crippen molar-refractivity contribution in [1.82, 2.24) is 4.98 Å². The van der Waals surface area contributed by atoms with Gasteiger partial charge in [0.1, 0.15) is 0 Å². The summed E-state index contributed by atoms with van der Waals surface area (Å²) in [5, 5.41) is 5.44. The van der Waals surface area contributed by atoms with Crippen molar-refractivity contribution < 1.29 is 25.8 Å². The van der Waals surface area contributed by atoms with Gasteiger partial charge in [-0.05, 0) is 30.0 Å². The Hall–Kier alpha value is -1.74. The molecular formula is C31H40HfN2-4. The van der Waals surface area contributed by atoms with E-state index < -0.39 is 0 Å². The van der Waals surface area contributed by atoms with Crippen molar-refractivity contribution in [3.8, 4) is 0 Å². The minimum atomic E-state index is -0.111. The first-order chi connectivity index (χ1) is 15.0. The molecule has 2 unspecified atom stereocenters. The minimum Gasteiger partial charge on any atom is -0.673 e. The fraction of sp³-hybridized carbons (Fsp3) is 0.355. The van der Waals surface area contributed by atoms with Crippen LogP contribution in [0.1, 0.15) is 98.8 Å². The smallest absolute Gasteiger partial charge is 0.0304 e. The maximum Gasteiger partial charge on any atom is 0.0304 e. The normalized spacial score (nSPS) is 15.8. The quantitative estimate of drug-likeness (QED) is 0.191. The fourth-order valence-corrected chi connectivity index (χ4v) is 4.61. The molecule has 182 valence electrons. The zero-order chi connectivity index (χ0) is 21.8. The number of rotatable bonds is 7. The van der Waals surface area contributed by atoms with E-state index in [-0.39, 0.29) is 46.7 Å². The van der Waals surface area contributed by atoms with Crippen molar-refractivity contribution in [2.24, 2.45) is 0 Å². The molecule has 34 heavy (non-hydrogen) atoms. The van der Waals surface area contributed by atoms with Crippen molar-refractivity contribution in [2.45, 2.75) is 70.8 Å². The summed E-state index contributed by atoms with van der Waals surface area (Å²) in [6.07, 6.45) is 6.09. The average molecular weight is 619 g/mol. The predicted molar refractivity (Wildman–Crippen MR) is 144 cm³/mol. The molecule has 3 aromatic rings. The monoisotopic (exact) mass is 620 g/mol. The van der Waals surface area contributed by atoms with Crippen LogP contribution in [0.25, 0.3) is 5.32 Å². The van der Waals surface area contributed by atoms with Crippen LogP contribution in [-0.4, -0.2) is 4.98 Å². The Morgan fingerprint density at radius 3 is 2.00 bits per heavy atom. The van der Waals surface area contributed by atoms with Crippen LogP contribution in [0.5, 0.6) is 0 Å². The first-order valence-electron chi connectivity index (χ1n) is 11.7. The Bertz CT molecular complexity index is 965. The number of hydrogen-bond acceptors (Lipinski definition) is 1. The first kappa shape index (κ1) is 30.3. The zero-order valence-corrected chi connectivity index (χ0v) is 25.3. The summed E-state index contributed by atoms with van der Waals surface area (Å²) in [6, 6.07) is 23.6. The Morgan fingerprint density at radius 2 is 1.44 bits per heavy atom. The van der Waals surface area contributed by atoms with Crippen molar-refractivity contribution in [3.05, 3.63) is 121 Å². The summed E-state index contributed by atoms with van der Waals surface area (Å²) in [5.74, 6) is 1.31. The Labute approximate surface area is 227 Å². The van der Waals surface area contributed by atoms with Crippen LogP contribution in [0.2, 0.25) is 0 Å². The molecule has 1 aliphatic rings. The molecule has 1 aromatic heterocycles. The van der Waals surface area contributed by atoms with Crippen molar-refractivity contribution in [3.63, 3.8) is 0 Å². The number of hydrogen-bond donors (Lipinski definition) is 0.